The Morgan fingerprint density at radius 2 is 2.08 bits per heavy atom. The van der Waals surface area contributed by atoms with Crippen molar-refractivity contribution in [3.8, 4) is 5.75 Å². The van der Waals surface area contributed by atoms with Gasteiger partial charge in [-0.1, -0.05) is 0 Å². The maximum atomic E-state index is 12.4. The molecule has 1 aromatic carbocycles. The van der Waals surface area contributed by atoms with E-state index in [1.54, 1.807) is 18.4 Å². The standard InChI is InChI=1S/C17H23N3O5S/c1-12(14-6-5-9-25-14)18-11-17(21)19-13-7-8-15(24-4)16(10-13)26(22,23)20(2)3/h5-10,12,18H,11H2,1-4H3,(H,19,21)/p+1/t12-/m1/s1. The summed E-state index contributed by atoms with van der Waals surface area (Å²) in [6, 6.07) is 8.14. The molecule has 0 fully saturated rings. The number of sulfonamides is 1. The predicted octanol–water partition coefficient (Wildman–Crippen LogP) is 0.802. The summed E-state index contributed by atoms with van der Waals surface area (Å²) >= 11 is 0. The van der Waals surface area contributed by atoms with Gasteiger partial charge in [-0.2, -0.15) is 0 Å². The fourth-order valence-electron chi connectivity index (χ4n) is 2.32. The van der Waals surface area contributed by atoms with Crippen molar-refractivity contribution < 1.29 is 27.7 Å². The summed E-state index contributed by atoms with van der Waals surface area (Å²) in [6.07, 6.45) is 1.59. The first-order chi connectivity index (χ1) is 12.3. The zero-order valence-electron chi connectivity index (χ0n) is 15.2. The first kappa shape index (κ1) is 20.0. The van der Waals surface area contributed by atoms with Crippen LogP contribution in [0.25, 0.3) is 0 Å². The summed E-state index contributed by atoms with van der Waals surface area (Å²) in [7, 11) is 0.571. The zero-order chi connectivity index (χ0) is 19.3. The van der Waals surface area contributed by atoms with Gasteiger partial charge in [0.05, 0.1) is 13.4 Å². The second-order valence-corrected chi connectivity index (χ2v) is 8.07. The average Bonchev–Trinajstić information content (AvgIpc) is 3.14. The van der Waals surface area contributed by atoms with Crippen LogP contribution in [0.5, 0.6) is 5.75 Å². The summed E-state index contributed by atoms with van der Waals surface area (Å²) in [4.78, 5) is 12.2. The van der Waals surface area contributed by atoms with Gasteiger partial charge >= 0.3 is 0 Å². The molecular weight excluding hydrogens is 358 g/mol. The van der Waals surface area contributed by atoms with Crippen LogP contribution >= 0.6 is 0 Å². The molecule has 2 aromatic rings. The molecule has 9 heteroatoms. The number of nitrogens with zero attached hydrogens (tertiary/aromatic N) is 1. The maximum Gasteiger partial charge on any atom is 0.279 e. The van der Waals surface area contributed by atoms with Gasteiger partial charge in [0.25, 0.3) is 5.91 Å². The fraction of sp³-hybridized carbons (Fsp3) is 0.353. The molecule has 0 bridgehead atoms. The van der Waals surface area contributed by atoms with Crippen molar-refractivity contribution in [3.63, 3.8) is 0 Å². The van der Waals surface area contributed by atoms with E-state index >= 15 is 0 Å². The molecule has 0 aliphatic carbocycles. The van der Waals surface area contributed by atoms with Gasteiger partial charge in [0, 0.05) is 19.8 Å². The quantitative estimate of drug-likeness (QED) is 0.703. The Bertz CT molecular complexity index is 847. The molecule has 8 nitrogen and oxygen atoms in total. The number of nitrogens with two attached hydrogens (primary N) is 1. The molecule has 0 unspecified atom stereocenters. The first-order valence-corrected chi connectivity index (χ1v) is 9.47. The first-order valence-electron chi connectivity index (χ1n) is 8.03. The third kappa shape index (κ3) is 4.63. The van der Waals surface area contributed by atoms with E-state index in [1.165, 1.54) is 33.3 Å². The number of hydrogen-bond acceptors (Lipinski definition) is 5. The van der Waals surface area contributed by atoms with Crippen molar-refractivity contribution in [3.05, 3.63) is 42.4 Å². The Morgan fingerprint density at radius 1 is 1.35 bits per heavy atom. The number of carbonyl (C=O) groups is 1. The van der Waals surface area contributed by atoms with E-state index in [1.807, 2.05) is 18.3 Å². The van der Waals surface area contributed by atoms with Gasteiger partial charge in [-0.05, 0) is 37.3 Å². The molecule has 0 saturated carbocycles. The molecule has 1 aromatic heterocycles. The minimum atomic E-state index is -3.70. The van der Waals surface area contributed by atoms with Gasteiger partial charge in [-0.15, -0.1) is 0 Å². The number of nitrogens with one attached hydrogen (secondary N) is 1. The Balaban J connectivity index is 2.08. The highest BCUT2D eigenvalue weighted by atomic mass is 32.2. The highest BCUT2D eigenvalue weighted by molar-refractivity contribution is 7.89. The number of rotatable bonds is 8. The second kappa shape index (κ2) is 8.35. The number of quaternary nitrogens is 1. The lowest BCUT2D eigenvalue weighted by Gasteiger charge is -2.16. The van der Waals surface area contributed by atoms with Crippen LogP contribution in [-0.2, 0) is 14.8 Å². The number of amides is 1. The monoisotopic (exact) mass is 382 g/mol. The predicted molar refractivity (Wildman–Crippen MR) is 96.4 cm³/mol. The molecule has 0 saturated heterocycles. The topological polar surface area (TPSA) is 105 Å². The number of methoxy groups -OCH3 is 1. The maximum absolute atomic E-state index is 12.4. The minimum Gasteiger partial charge on any atom is -0.495 e. The molecular formula is C17H24N3O5S+. The largest absolute Gasteiger partial charge is 0.495 e. The minimum absolute atomic E-state index is 0.00343. The fourth-order valence-corrected chi connectivity index (χ4v) is 3.39. The Labute approximate surface area is 153 Å². The summed E-state index contributed by atoms with van der Waals surface area (Å²) < 4.78 is 36.3. The smallest absolute Gasteiger partial charge is 0.279 e. The number of hydrogen-bond donors (Lipinski definition) is 2. The second-order valence-electron chi connectivity index (χ2n) is 5.95. The van der Waals surface area contributed by atoms with Crippen molar-refractivity contribution in [2.24, 2.45) is 0 Å². The normalized spacial score (nSPS) is 12.8. The lowest BCUT2D eigenvalue weighted by atomic mass is 10.2. The van der Waals surface area contributed by atoms with E-state index in [2.05, 4.69) is 5.32 Å². The lowest BCUT2D eigenvalue weighted by molar-refractivity contribution is -0.684. The molecule has 0 radical (unpaired) electrons. The van der Waals surface area contributed by atoms with Crippen molar-refractivity contribution >= 4 is 21.6 Å². The van der Waals surface area contributed by atoms with E-state index in [0.717, 1.165) is 10.1 Å². The van der Waals surface area contributed by atoms with Crippen LogP contribution in [0.15, 0.2) is 45.9 Å². The van der Waals surface area contributed by atoms with Crippen molar-refractivity contribution in [2.45, 2.75) is 17.9 Å². The van der Waals surface area contributed by atoms with Crippen LogP contribution in [0.2, 0.25) is 0 Å². The number of furan rings is 1. The molecule has 2 rings (SSSR count). The van der Waals surface area contributed by atoms with Crippen LogP contribution in [0.1, 0.15) is 18.7 Å². The van der Waals surface area contributed by atoms with Crippen molar-refractivity contribution in [1.82, 2.24) is 4.31 Å². The highest BCUT2D eigenvalue weighted by Gasteiger charge is 2.23. The summed E-state index contributed by atoms with van der Waals surface area (Å²) in [6.45, 7) is 2.10. The van der Waals surface area contributed by atoms with E-state index < -0.39 is 10.0 Å². The Morgan fingerprint density at radius 3 is 2.65 bits per heavy atom. The van der Waals surface area contributed by atoms with Gasteiger partial charge in [0.2, 0.25) is 10.0 Å². The molecule has 0 aliphatic rings. The number of benzene rings is 1. The van der Waals surface area contributed by atoms with Gasteiger partial charge in [0.1, 0.15) is 16.7 Å². The molecule has 3 N–H and O–H groups in total. The number of ether oxygens (including phenoxy) is 1. The molecule has 1 atom stereocenters. The molecule has 1 amide bonds. The molecule has 0 aliphatic heterocycles. The van der Waals surface area contributed by atoms with Gasteiger partial charge in [0.15, 0.2) is 12.3 Å². The molecule has 26 heavy (non-hydrogen) atoms. The summed E-state index contributed by atoms with van der Waals surface area (Å²) in [5, 5.41) is 4.53. The Kier molecular flexibility index (Phi) is 6.41. The molecule has 142 valence electrons. The number of carbonyl (C=O) groups excluding carboxylic acids is 1. The lowest BCUT2D eigenvalue weighted by Crippen LogP contribution is -2.86. The SMILES string of the molecule is COc1ccc(NC(=O)C[NH2+][C@H](C)c2ccco2)cc1S(=O)(=O)N(C)C. The Hall–Kier alpha value is -2.36. The van der Waals surface area contributed by atoms with Crippen LogP contribution in [-0.4, -0.2) is 46.4 Å². The van der Waals surface area contributed by atoms with Crippen LogP contribution in [0.3, 0.4) is 0 Å². The van der Waals surface area contributed by atoms with Crippen LogP contribution in [0, 0.1) is 0 Å². The van der Waals surface area contributed by atoms with Crippen molar-refractivity contribution in [2.75, 3.05) is 33.1 Å². The van der Waals surface area contributed by atoms with Gasteiger partial charge in [-0.3, -0.25) is 4.79 Å². The third-order valence-electron chi connectivity index (χ3n) is 3.85. The van der Waals surface area contributed by atoms with Gasteiger partial charge < -0.3 is 19.8 Å². The van der Waals surface area contributed by atoms with E-state index in [9.17, 15) is 13.2 Å². The van der Waals surface area contributed by atoms with Crippen LogP contribution in [0.4, 0.5) is 5.69 Å². The zero-order valence-corrected chi connectivity index (χ0v) is 16.0. The van der Waals surface area contributed by atoms with E-state index in [4.69, 9.17) is 9.15 Å². The summed E-state index contributed by atoms with van der Waals surface area (Å²) in [5.74, 6) is 0.748. The summed E-state index contributed by atoms with van der Waals surface area (Å²) in [5.41, 5.74) is 0.385. The van der Waals surface area contributed by atoms with Crippen molar-refractivity contribution in [1.29, 1.82) is 0 Å². The van der Waals surface area contributed by atoms with Crippen LogP contribution < -0.4 is 15.4 Å². The van der Waals surface area contributed by atoms with E-state index in [0.29, 0.717) is 5.69 Å². The molecule has 1 heterocycles. The number of anilines is 1. The van der Waals surface area contributed by atoms with E-state index in [-0.39, 0.29) is 29.1 Å². The van der Waals surface area contributed by atoms with Gasteiger partial charge in [-0.25, -0.2) is 12.7 Å². The average molecular weight is 382 g/mol. The third-order valence-corrected chi connectivity index (χ3v) is 5.69. The highest BCUT2D eigenvalue weighted by Crippen LogP contribution is 2.28. The molecule has 0 spiro atoms.